The summed E-state index contributed by atoms with van der Waals surface area (Å²) in [4.78, 5) is 13.3. The van der Waals surface area contributed by atoms with Crippen molar-refractivity contribution in [2.75, 3.05) is 11.4 Å². The van der Waals surface area contributed by atoms with Crippen LogP contribution in [0.25, 0.3) is 17.0 Å². The number of halogens is 2. The molecule has 0 aliphatic carbocycles. The molecular weight excluding hydrogens is 423 g/mol. The van der Waals surface area contributed by atoms with E-state index in [0.29, 0.717) is 18.0 Å². The van der Waals surface area contributed by atoms with Crippen LogP contribution in [0.5, 0.6) is 0 Å². The zero-order valence-corrected chi connectivity index (χ0v) is 16.7. The molecule has 1 unspecified atom stereocenters. The minimum Gasteiger partial charge on any atom is -0.403 e. The molecule has 0 radical (unpaired) electrons. The van der Waals surface area contributed by atoms with Gasteiger partial charge in [-0.2, -0.15) is 9.49 Å². The maximum absolute atomic E-state index is 14.1. The van der Waals surface area contributed by atoms with E-state index in [9.17, 15) is 4.39 Å². The Morgan fingerprint density at radius 2 is 2.13 bits per heavy atom. The molecule has 0 fully saturated rings. The van der Waals surface area contributed by atoms with Crippen LogP contribution >= 0.6 is 11.6 Å². The lowest BCUT2D eigenvalue weighted by atomic mass is 10.0. The predicted octanol–water partition coefficient (Wildman–Crippen LogP) is 3.45. The summed E-state index contributed by atoms with van der Waals surface area (Å²) in [7, 11) is 0. The quantitative estimate of drug-likeness (QED) is 0.432. The van der Waals surface area contributed by atoms with Crippen LogP contribution in [0.1, 0.15) is 23.1 Å². The minimum atomic E-state index is -0.669. The van der Waals surface area contributed by atoms with E-state index in [4.69, 9.17) is 21.1 Å². The molecule has 9 nitrogen and oxygen atoms in total. The van der Waals surface area contributed by atoms with Crippen LogP contribution < -0.4 is 4.90 Å². The maximum atomic E-state index is 14.1. The van der Waals surface area contributed by atoms with Gasteiger partial charge in [0.2, 0.25) is 5.95 Å². The molecule has 0 saturated heterocycles. The van der Waals surface area contributed by atoms with Gasteiger partial charge in [0.1, 0.15) is 6.04 Å². The van der Waals surface area contributed by atoms with Crippen LogP contribution in [-0.4, -0.2) is 41.3 Å². The molecule has 6 rings (SSSR count). The monoisotopic (exact) mass is 436 g/mol. The van der Waals surface area contributed by atoms with Crippen LogP contribution in [0, 0.1) is 5.95 Å². The molecule has 1 atom stereocenters. The summed E-state index contributed by atoms with van der Waals surface area (Å²) >= 11 is 6.35. The van der Waals surface area contributed by atoms with Gasteiger partial charge in [0.15, 0.2) is 0 Å². The van der Waals surface area contributed by atoms with E-state index in [1.807, 2.05) is 29.3 Å². The van der Waals surface area contributed by atoms with Gasteiger partial charge < -0.3 is 14.3 Å². The van der Waals surface area contributed by atoms with Crippen molar-refractivity contribution in [2.24, 2.45) is 0 Å². The number of rotatable bonds is 3. The third kappa shape index (κ3) is 2.87. The van der Waals surface area contributed by atoms with Gasteiger partial charge in [0, 0.05) is 31.1 Å². The number of nitrogens with zero attached hydrogens (tertiary/aromatic N) is 7. The Balaban J connectivity index is 1.46. The second-order valence-corrected chi connectivity index (χ2v) is 7.51. The highest BCUT2D eigenvalue weighted by molar-refractivity contribution is 6.33. The largest absolute Gasteiger partial charge is 0.403 e. The molecule has 1 aliphatic rings. The van der Waals surface area contributed by atoms with Gasteiger partial charge in [0.05, 0.1) is 33.8 Å². The summed E-state index contributed by atoms with van der Waals surface area (Å²) < 4.78 is 21.7. The van der Waals surface area contributed by atoms with Crippen LogP contribution in [0.4, 0.5) is 10.4 Å². The summed E-state index contributed by atoms with van der Waals surface area (Å²) in [6.45, 7) is 0.582. The number of hydrogen-bond donors (Lipinski definition) is 1. The molecule has 5 aromatic rings. The molecule has 0 spiro atoms. The first-order valence-corrected chi connectivity index (χ1v) is 9.94. The minimum absolute atomic E-state index is 0.0604. The molecule has 0 bridgehead atoms. The number of H-pyrrole nitrogens is 1. The molecular formula is C20H14ClFN8O. The second kappa shape index (κ2) is 6.88. The Kier molecular flexibility index (Phi) is 4.00. The predicted molar refractivity (Wildman–Crippen MR) is 109 cm³/mol. The fourth-order valence-electron chi connectivity index (χ4n) is 3.90. The molecule has 0 amide bonds. The SMILES string of the molecule is Fc1ncccc1-c1nnc(N2CCc3[nH]cnc3C2c2cc3c(Cl)cccn3n2)o1. The maximum Gasteiger partial charge on any atom is 0.319 e. The van der Waals surface area contributed by atoms with Crippen LogP contribution in [0.2, 0.25) is 5.02 Å². The van der Waals surface area contributed by atoms with Crippen LogP contribution in [0.15, 0.2) is 53.5 Å². The van der Waals surface area contributed by atoms with Gasteiger partial charge in [-0.1, -0.05) is 16.7 Å². The van der Waals surface area contributed by atoms with Crippen molar-refractivity contribution in [3.8, 4) is 11.5 Å². The van der Waals surface area contributed by atoms with E-state index in [2.05, 4.69) is 25.1 Å². The van der Waals surface area contributed by atoms with E-state index in [-0.39, 0.29) is 23.5 Å². The fourth-order valence-corrected chi connectivity index (χ4v) is 4.12. The summed E-state index contributed by atoms with van der Waals surface area (Å²) in [5.74, 6) is -0.609. The molecule has 1 aliphatic heterocycles. The highest BCUT2D eigenvalue weighted by Crippen LogP contribution is 2.37. The number of imidazole rings is 1. The Hall–Kier alpha value is -3.79. The van der Waals surface area contributed by atoms with Gasteiger partial charge in [-0.15, -0.1) is 5.10 Å². The van der Waals surface area contributed by atoms with E-state index < -0.39 is 5.95 Å². The zero-order valence-electron chi connectivity index (χ0n) is 15.9. The van der Waals surface area contributed by atoms with Crippen LogP contribution in [-0.2, 0) is 6.42 Å². The topological polar surface area (TPSA) is 101 Å². The van der Waals surface area contributed by atoms with Crippen molar-refractivity contribution in [3.05, 3.63) is 77.1 Å². The van der Waals surface area contributed by atoms with E-state index in [0.717, 1.165) is 22.6 Å². The molecule has 0 saturated carbocycles. The molecule has 1 N–H and O–H groups in total. The lowest BCUT2D eigenvalue weighted by molar-refractivity contribution is 0.499. The first-order valence-electron chi connectivity index (χ1n) is 9.56. The van der Waals surface area contributed by atoms with Crippen molar-refractivity contribution >= 4 is 23.1 Å². The third-order valence-corrected chi connectivity index (χ3v) is 5.64. The standard InChI is InChI=1S/C20H14ClFN8O/c21-12-4-2-7-30-15(12)9-14(28-30)17-16-13(24-10-25-16)5-8-29(17)20-27-26-19(31-20)11-3-1-6-23-18(11)22/h1-4,6-7,9-10,17H,5,8H2,(H,24,25). The van der Waals surface area contributed by atoms with Gasteiger partial charge in [-0.3, -0.25) is 0 Å². The van der Waals surface area contributed by atoms with Crippen molar-refractivity contribution in [1.82, 2.24) is 34.8 Å². The van der Waals surface area contributed by atoms with Gasteiger partial charge in [-0.25, -0.2) is 14.5 Å². The Morgan fingerprint density at radius 1 is 1.19 bits per heavy atom. The Morgan fingerprint density at radius 3 is 3.00 bits per heavy atom. The lowest BCUT2D eigenvalue weighted by Gasteiger charge is -2.32. The van der Waals surface area contributed by atoms with Crippen molar-refractivity contribution in [1.29, 1.82) is 0 Å². The molecule has 5 aromatic heterocycles. The van der Waals surface area contributed by atoms with Gasteiger partial charge in [0.25, 0.3) is 5.89 Å². The number of nitrogens with one attached hydrogen (secondary N) is 1. The lowest BCUT2D eigenvalue weighted by Crippen LogP contribution is -2.36. The van der Waals surface area contributed by atoms with Crippen molar-refractivity contribution < 1.29 is 8.81 Å². The number of hydrogen-bond acceptors (Lipinski definition) is 7. The fraction of sp³-hybridized carbons (Fsp3) is 0.150. The normalized spacial score (nSPS) is 16.1. The molecule has 11 heteroatoms. The Bertz CT molecular complexity index is 1410. The second-order valence-electron chi connectivity index (χ2n) is 7.10. The van der Waals surface area contributed by atoms with Crippen molar-refractivity contribution in [2.45, 2.75) is 12.5 Å². The number of aromatic amines is 1. The van der Waals surface area contributed by atoms with Gasteiger partial charge >= 0.3 is 6.01 Å². The number of pyridine rings is 2. The van der Waals surface area contributed by atoms with E-state index in [1.54, 1.807) is 23.0 Å². The molecule has 0 aromatic carbocycles. The van der Waals surface area contributed by atoms with Crippen LogP contribution in [0.3, 0.4) is 0 Å². The first-order chi connectivity index (χ1) is 15.2. The van der Waals surface area contributed by atoms with Gasteiger partial charge in [-0.05, 0) is 30.3 Å². The number of fused-ring (bicyclic) bond motifs is 2. The number of aromatic nitrogens is 7. The number of anilines is 1. The average molecular weight is 437 g/mol. The zero-order chi connectivity index (χ0) is 20.9. The summed E-state index contributed by atoms with van der Waals surface area (Å²) in [6, 6.07) is 8.59. The van der Waals surface area contributed by atoms with E-state index >= 15 is 0 Å². The first kappa shape index (κ1) is 18.0. The smallest absolute Gasteiger partial charge is 0.319 e. The highest BCUT2D eigenvalue weighted by atomic mass is 35.5. The molecule has 6 heterocycles. The summed E-state index contributed by atoms with van der Waals surface area (Å²) in [5, 5.41) is 13.5. The summed E-state index contributed by atoms with van der Waals surface area (Å²) in [5.41, 5.74) is 3.49. The average Bonchev–Trinajstić information content (AvgIpc) is 3.52. The highest BCUT2D eigenvalue weighted by Gasteiger charge is 2.36. The Labute approximate surface area is 179 Å². The van der Waals surface area contributed by atoms with E-state index in [1.165, 1.54) is 6.20 Å². The molecule has 154 valence electrons. The molecule has 31 heavy (non-hydrogen) atoms. The third-order valence-electron chi connectivity index (χ3n) is 5.32. The van der Waals surface area contributed by atoms with Crippen molar-refractivity contribution in [3.63, 3.8) is 0 Å². The summed E-state index contributed by atoms with van der Waals surface area (Å²) in [6.07, 6.45) is 5.57.